The Morgan fingerprint density at radius 3 is 2.90 bits per heavy atom. The predicted octanol–water partition coefficient (Wildman–Crippen LogP) is 3.77. The number of hydrogen-bond acceptors (Lipinski definition) is 3. The van der Waals surface area contributed by atoms with Gasteiger partial charge < -0.3 is 15.7 Å². The smallest absolute Gasteiger partial charge is 0.259 e. The lowest BCUT2D eigenvalue weighted by Crippen LogP contribution is -2.14. The number of anilines is 2. The second-order valence-corrected chi connectivity index (χ2v) is 5.93. The summed E-state index contributed by atoms with van der Waals surface area (Å²) in [7, 11) is 0. The van der Waals surface area contributed by atoms with E-state index in [-0.39, 0.29) is 17.2 Å². The van der Waals surface area contributed by atoms with Gasteiger partial charge in [-0.15, -0.1) is 0 Å². The average Bonchev–Trinajstić information content (AvgIpc) is 2.47. The van der Waals surface area contributed by atoms with Crippen molar-refractivity contribution in [2.45, 2.75) is 12.8 Å². The van der Waals surface area contributed by atoms with Crippen LogP contribution in [0.4, 0.5) is 11.4 Å². The van der Waals surface area contributed by atoms with Crippen LogP contribution in [-0.4, -0.2) is 17.6 Å². The minimum absolute atomic E-state index is 0.0403. The van der Waals surface area contributed by atoms with Crippen LogP contribution in [-0.2, 0) is 6.42 Å². The number of benzene rings is 2. The van der Waals surface area contributed by atoms with Crippen molar-refractivity contribution in [3.8, 4) is 5.75 Å². The number of carbonyl (C=O) groups is 1. The maximum atomic E-state index is 12.2. The summed E-state index contributed by atoms with van der Waals surface area (Å²) in [4.78, 5) is 12.2. The molecule has 1 aliphatic heterocycles. The first-order chi connectivity index (χ1) is 10.1. The highest BCUT2D eigenvalue weighted by molar-refractivity contribution is 9.10. The van der Waals surface area contributed by atoms with Crippen molar-refractivity contribution in [3.05, 3.63) is 52.0 Å². The lowest BCUT2D eigenvalue weighted by molar-refractivity contribution is 0.102. The first kappa shape index (κ1) is 13.9. The topological polar surface area (TPSA) is 61.4 Å². The van der Waals surface area contributed by atoms with E-state index in [0.29, 0.717) is 0 Å². The molecule has 108 valence electrons. The zero-order valence-corrected chi connectivity index (χ0v) is 12.9. The molecule has 1 heterocycles. The Bertz CT molecular complexity index is 701. The van der Waals surface area contributed by atoms with Crippen LogP contribution in [0.2, 0.25) is 0 Å². The van der Waals surface area contributed by atoms with Crippen LogP contribution < -0.4 is 10.6 Å². The van der Waals surface area contributed by atoms with Crippen LogP contribution in [0.25, 0.3) is 0 Å². The standard InChI is InChI=1S/C16H15BrN2O2/c17-11-3-5-13(15(20)9-11)16(21)19-12-4-6-14-10(8-12)2-1-7-18-14/h3-6,8-9,18,20H,1-2,7H2,(H,19,21). The molecule has 3 N–H and O–H groups in total. The molecule has 5 heteroatoms. The van der Waals surface area contributed by atoms with Gasteiger partial charge in [-0.3, -0.25) is 4.79 Å². The van der Waals surface area contributed by atoms with Gasteiger partial charge in [-0.05, 0) is 54.8 Å². The van der Waals surface area contributed by atoms with E-state index in [9.17, 15) is 9.90 Å². The Kier molecular flexibility index (Phi) is 3.84. The van der Waals surface area contributed by atoms with Gasteiger partial charge in [0.1, 0.15) is 5.75 Å². The highest BCUT2D eigenvalue weighted by Crippen LogP contribution is 2.27. The molecular weight excluding hydrogens is 332 g/mol. The van der Waals surface area contributed by atoms with Gasteiger partial charge in [-0.1, -0.05) is 15.9 Å². The van der Waals surface area contributed by atoms with Crippen molar-refractivity contribution in [2.24, 2.45) is 0 Å². The van der Waals surface area contributed by atoms with E-state index in [2.05, 4.69) is 26.6 Å². The number of hydrogen-bond donors (Lipinski definition) is 3. The largest absolute Gasteiger partial charge is 0.507 e. The number of halogens is 1. The molecule has 0 radical (unpaired) electrons. The van der Waals surface area contributed by atoms with E-state index in [1.807, 2.05) is 18.2 Å². The maximum absolute atomic E-state index is 12.2. The quantitative estimate of drug-likeness (QED) is 0.775. The molecule has 0 saturated carbocycles. The lowest BCUT2D eigenvalue weighted by atomic mass is 10.0. The van der Waals surface area contributed by atoms with Gasteiger partial charge >= 0.3 is 0 Å². The third-order valence-electron chi connectivity index (χ3n) is 3.51. The molecule has 2 aromatic carbocycles. The average molecular weight is 347 g/mol. The SMILES string of the molecule is O=C(Nc1ccc2c(c1)CCCN2)c1ccc(Br)cc1O. The van der Waals surface area contributed by atoms with Crippen LogP contribution in [0.5, 0.6) is 5.75 Å². The van der Waals surface area contributed by atoms with E-state index in [1.54, 1.807) is 12.1 Å². The normalized spacial score (nSPS) is 13.2. The Labute approximate surface area is 131 Å². The molecule has 3 rings (SSSR count). The summed E-state index contributed by atoms with van der Waals surface area (Å²) in [6.45, 7) is 0.992. The van der Waals surface area contributed by atoms with Crippen LogP contribution in [0, 0.1) is 0 Å². The van der Waals surface area contributed by atoms with Crippen LogP contribution in [0.3, 0.4) is 0 Å². The van der Waals surface area contributed by atoms with E-state index < -0.39 is 0 Å². The van der Waals surface area contributed by atoms with Crippen molar-refractivity contribution >= 4 is 33.2 Å². The number of phenols is 1. The molecule has 21 heavy (non-hydrogen) atoms. The molecule has 0 bridgehead atoms. The minimum Gasteiger partial charge on any atom is -0.507 e. The van der Waals surface area contributed by atoms with Gasteiger partial charge in [0, 0.05) is 22.4 Å². The monoisotopic (exact) mass is 346 g/mol. The van der Waals surface area contributed by atoms with Crippen LogP contribution in [0.15, 0.2) is 40.9 Å². The molecule has 0 aliphatic carbocycles. The molecule has 1 aliphatic rings. The van der Waals surface area contributed by atoms with E-state index in [1.165, 1.54) is 11.6 Å². The summed E-state index contributed by atoms with van der Waals surface area (Å²) >= 11 is 3.25. The number of aromatic hydroxyl groups is 1. The number of phenolic OH excluding ortho intramolecular Hbond substituents is 1. The summed E-state index contributed by atoms with van der Waals surface area (Å²) in [5.41, 5.74) is 3.34. The summed E-state index contributed by atoms with van der Waals surface area (Å²) < 4.78 is 0.733. The number of nitrogens with one attached hydrogen (secondary N) is 2. The molecule has 0 saturated heterocycles. The van der Waals surface area contributed by atoms with E-state index >= 15 is 0 Å². The number of fused-ring (bicyclic) bond motifs is 1. The minimum atomic E-state index is -0.316. The van der Waals surface area contributed by atoms with Crippen molar-refractivity contribution < 1.29 is 9.90 Å². The van der Waals surface area contributed by atoms with Crippen molar-refractivity contribution in [1.29, 1.82) is 0 Å². The fourth-order valence-corrected chi connectivity index (χ4v) is 2.80. The highest BCUT2D eigenvalue weighted by Gasteiger charge is 2.13. The first-order valence-corrected chi connectivity index (χ1v) is 7.59. The van der Waals surface area contributed by atoms with Crippen molar-refractivity contribution in [3.63, 3.8) is 0 Å². The Morgan fingerprint density at radius 2 is 2.10 bits per heavy atom. The van der Waals surface area contributed by atoms with Gasteiger partial charge in [0.05, 0.1) is 5.56 Å². The number of rotatable bonds is 2. The summed E-state index contributed by atoms with van der Waals surface area (Å²) in [5.74, 6) is -0.356. The fourth-order valence-electron chi connectivity index (χ4n) is 2.45. The summed E-state index contributed by atoms with van der Waals surface area (Å²) in [6, 6.07) is 10.7. The summed E-state index contributed by atoms with van der Waals surface area (Å²) in [6.07, 6.45) is 2.10. The maximum Gasteiger partial charge on any atom is 0.259 e. The van der Waals surface area contributed by atoms with Crippen LogP contribution >= 0.6 is 15.9 Å². The van der Waals surface area contributed by atoms with Gasteiger partial charge in [-0.2, -0.15) is 0 Å². The number of aryl methyl sites for hydroxylation is 1. The summed E-state index contributed by atoms with van der Waals surface area (Å²) in [5, 5.41) is 16.0. The second-order valence-electron chi connectivity index (χ2n) is 5.02. The molecular formula is C16H15BrN2O2. The molecule has 2 aromatic rings. The zero-order chi connectivity index (χ0) is 14.8. The molecule has 0 atom stereocenters. The Morgan fingerprint density at radius 1 is 1.24 bits per heavy atom. The van der Waals surface area contributed by atoms with Crippen LogP contribution in [0.1, 0.15) is 22.3 Å². The third-order valence-corrected chi connectivity index (χ3v) is 4.00. The highest BCUT2D eigenvalue weighted by atomic mass is 79.9. The second kappa shape index (κ2) is 5.77. The zero-order valence-electron chi connectivity index (χ0n) is 11.3. The van der Waals surface area contributed by atoms with Gasteiger partial charge in [-0.25, -0.2) is 0 Å². The Balaban J connectivity index is 1.81. The molecule has 0 unspecified atom stereocenters. The lowest BCUT2D eigenvalue weighted by Gasteiger charge is -2.18. The van der Waals surface area contributed by atoms with Crippen molar-refractivity contribution in [1.82, 2.24) is 0 Å². The molecule has 0 aromatic heterocycles. The predicted molar refractivity (Wildman–Crippen MR) is 87.0 cm³/mol. The molecule has 0 fully saturated rings. The molecule has 4 nitrogen and oxygen atoms in total. The van der Waals surface area contributed by atoms with E-state index in [4.69, 9.17) is 0 Å². The van der Waals surface area contributed by atoms with Gasteiger partial charge in [0.2, 0.25) is 0 Å². The van der Waals surface area contributed by atoms with Gasteiger partial charge in [0.25, 0.3) is 5.91 Å². The van der Waals surface area contributed by atoms with E-state index in [0.717, 1.165) is 35.2 Å². The molecule has 0 spiro atoms. The number of carbonyl (C=O) groups excluding carboxylic acids is 1. The molecule has 1 amide bonds. The third kappa shape index (κ3) is 3.03. The fraction of sp³-hybridized carbons (Fsp3) is 0.188. The van der Waals surface area contributed by atoms with Gasteiger partial charge in [0.15, 0.2) is 0 Å². The first-order valence-electron chi connectivity index (χ1n) is 6.80. The Hall–Kier alpha value is -2.01. The van der Waals surface area contributed by atoms with Crippen molar-refractivity contribution in [2.75, 3.05) is 17.2 Å². The number of amides is 1.